The van der Waals surface area contributed by atoms with Gasteiger partial charge in [-0.2, -0.15) is 0 Å². The van der Waals surface area contributed by atoms with Crippen LogP contribution in [0.3, 0.4) is 0 Å². The van der Waals surface area contributed by atoms with E-state index in [2.05, 4.69) is 15.5 Å². The number of amides is 1. The van der Waals surface area contributed by atoms with Crippen molar-refractivity contribution in [3.63, 3.8) is 0 Å². The van der Waals surface area contributed by atoms with Gasteiger partial charge in [0.2, 0.25) is 11.8 Å². The van der Waals surface area contributed by atoms with Gasteiger partial charge in [-0.15, -0.1) is 16.9 Å². The maximum atomic E-state index is 12.0. The molecule has 2 aromatic carbocycles. The van der Waals surface area contributed by atoms with Crippen LogP contribution in [0.1, 0.15) is 6.42 Å². The number of thioether (sulfide) groups is 1. The Labute approximate surface area is 149 Å². The second kappa shape index (κ2) is 8.34. The average Bonchev–Trinajstić information content (AvgIpc) is 3.11. The van der Waals surface area contributed by atoms with E-state index in [1.807, 2.05) is 48.5 Å². The van der Waals surface area contributed by atoms with Crippen LogP contribution in [0.25, 0.3) is 11.5 Å². The van der Waals surface area contributed by atoms with E-state index in [0.717, 1.165) is 10.5 Å². The van der Waals surface area contributed by atoms with Gasteiger partial charge in [-0.05, 0) is 30.3 Å². The Morgan fingerprint density at radius 2 is 2.00 bits per heavy atom. The standard InChI is InChI=1S/C18H17N3O3S/c1-23-14-7-5-6-13(12-14)17-20-21-18(24-17)19-16(22)10-11-25-15-8-3-2-4-9-15/h2-9,12H,10-11H2,1H3,(H,19,21,22). The smallest absolute Gasteiger partial charge is 0.322 e. The van der Waals surface area contributed by atoms with Crippen molar-refractivity contribution in [2.75, 3.05) is 18.2 Å². The Kier molecular flexibility index (Phi) is 5.69. The van der Waals surface area contributed by atoms with Crippen molar-refractivity contribution < 1.29 is 13.9 Å². The average molecular weight is 355 g/mol. The van der Waals surface area contributed by atoms with Gasteiger partial charge >= 0.3 is 6.01 Å². The van der Waals surface area contributed by atoms with Crippen LogP contribution in [0.5, 0.6) is 5.75 Å². The third-order valence-electron chi connectivity index (χ3n) is 3.33. The molecule has 1 N–H and O–H groups in total. The number of hydrogen-bond acceptors (Lipinski definition) is 6. The first-order chi connectivity index (χ1) is 12.2. The summed E-state index contributed by atoms with van der Waals surface area (Å²) in [6.07, 6.45) is 0.358. The molecule has 1 aromatic heterocycles. The topological polar surface area (TPSA) is 77.3 Å². The fourth-order valence-corrected chi connectivity index (χ4v) is 2.98. The summed E-state index contributed by atoms with van der Waals surface area (Å²) in [6, 6.07) is 17.3. The van der Waals surface area contributed by atoms with Gasteiger partial charge in [-0.1, -0.05) is 29.4 Å². The Bertz CT molecular complexity index is 836. The SMILES string of the molecule is COc1cccc(-c2nnc(NC(=O)CCSc3ccccc3)o2)c1. The van der Waals surface area contributed by atoms with E-state index in [9.17, 15) is 4.79 Å². The molecule has 25 heavy (non-hydrogen) atoms. The molecule has 3 rings (SSSR count). The van der Waals surface area contributed by atoms with Gasteiger partial charge < -0.3 is 9.15 Å². The molecule has 0 aliphatic carbocycles. The Morgan fingerprint density at radius 1 is 1.16 bits per heavy atom. The largest absolute Gasteiger partial charge is 0.497 e. The second-order valence-corrected chi connectivity index (χ2v) is 6.27. The normalized spacial score (nSPS) is 10.4. The van der Waals surface area contributed by atoms with E-state index in [1.54, 1.807) is 24.9 Å². The van der Waals surface area contributed by atoms with Crippen molar-refractivity contribution >= 4 is 23.7 Å². The molecule has 0 radical (unpaired) electrons. The van der Waals surface area contributed by atoms with Gasteiger partial charge in [0, 0.05) is 22.6 Å². The number of carbonyl (C=O) groups is 1. The van der Waals surface area contributed by atoms with E-state index in [0.29, 0.717) is 23.8 Å². The molecule has 128 valence electrons. The van der Waals surface area contributed by atoms with E-state index >= 15 is 0 Å². The Morgan fingerprint density at radius 3 is 2.80 bits per heavy atom. The van der Waals surface area contributed by atoms with E-state index < -0.39 is 0 Å². The van der Waals surface area contributed by atoms with Gasteiger partial charge in [0.1, 0.15) is 5.75 Å². The van der Waals surface area contributed by atoms with Gasteiger partial charge in [0.05, 0.1) is 7.11 Å². The third kappa shape index (κ3) is 4.84. The number of rotatable bonds is 7. The van der Waals surface area contributed by atoms with Crippen molar-refractivity contribution in [2.24, 2.45) is 0 Å². The maximum absolute atomic E-state index is 12.0. The monoisotopic (exact) mass is 355 g/mol. The summed E-state index contributed by atoms with van der Waals surface area (Å²) in [7, 11) is 1.59. The molecule has 3 aromatic rings. The summed E-state index contributed by atoms with van der Waals surface area (Å²) in [4.78, 5) is 13.1. The highest BCUT2D eigenvalue weighted by atomic mass is 32.2. The summed E-state index contributed by atoms with van der Waals surface area (Å²) in [6.45, 7) is 0. The summed E-state index contributed by atoms with van der Waals surface area (Å²) in [5.41, 5.74) is 0.729. The van der Waals surface area contributed by atoms with Crippen LogP contribution in [0, 0.1) is 0 Å². The summed E-state index contributed by atoms with van der Waals surface area (Å²) >= 11 is 1.62. The van der Waals surface area contributed by atoms with E-state index in [1.165, 1.54) is 0 Å². The molecule has 0 atom stereocenters. The molecule has 1 heterocycles. The van der Waals surface area contributed by atoms with Gasteiger partial charge in [0.25, 0.3) is 0 Å². The van der Waals surface area contributed by atoms with Crippen LogP contribution in [0.2, 0.25) is 0 Å². The fraction of sp³-hybridized carbons (Fsp3) is 0.167. The quantitative estimate of drug-likeness (QED) is 0.648. The molecule has 0 unspecified atom stereocenters. The molecule has 0 spiro atoms. The Balaban J connectivity index is 1.53. The number of aromatic nitrogens is 2. The number of nitrogens with zero attached hydrogens (tertiary/aromatic N) is 2. The third-order valence-corrected chi connectivity index (χ3v) is 4.34. The molecular weight excluding hydrogens is 338 g/mol. The van der Waals surface area contributed by atoms with Crippen molar-refractivity contribution in [1.29, 1.82) is 0 Å². The zero-order chi connectivity index (χ0) is 17.5. The minimum Gasteiger partial charge on any atom is -0.497 e. The van der Waals surface area contributed by atoms with Crippen molar-refractivity contribution in [2.45, 2.75) is 11.3 Å². The first kappa shape index (κ1) is 17.0. The summed E-state index contributed by atoms with van der Waals surface area (Å²) in [5, 5.41) is 10.4. The zero-order valence-corrected chi connectivity index (χ0v) is 14.5. The number of carbonyl (C=O) groups excluding carboxylic acids is 1. The van der Waals surface area contributed by atoms with Crippen molar-refractivity contribution in [3.8, 4) is 17.2 Å². The highest BCUT2D eigenvalue weighted by Gasteiger charge is 2.12. The van der Waals surface area contributed by atoms with Crippen LogP contribution >= 0.6 is 11.8 Å². The number of methoxy groups -OCH3 is 1. The lowest BCUT2D eigenvalue weighted by Crippen LogP contribution is -2.12. The molecule has 0 bridgehead atoms. The number of hydrogen-bond donors (Lipinski definition) is 1. The highest BCUT2D eigenvalue weighted by molar-refractivity contribution is 7.99. The first-order valence-electron chi connectivity index (χ1n) is 7.70. The van der Waals surface area contributed by atoms with Crippen LogP contribution in [0.15, 0.2) is 63.9 Å². The molecule has 0 aliphatic heterocycles. The minimum absolute atomic E-state index is 0.0903. The zero-order valence-electron chi connectivity index (χ0n) is 13.6. The number of benzene rings is 2. The summed E-state index contributed by atoms with van der Waals surface area (Å²) < 4.78 is 10.7. The lowest BCUT2D eigenvalue weighted by molar-refractivity contribution is -0.115. The minimum atomic E-state index is -0.163. The lowest BCUT2D eigenvalue weighted by Gasteiger charge is -2.02. The van der Waals surface area contributed by atoms with Crippen LogP contribution in [0.4, 0.5) is 6.01 Å². The molecule has 0 saturated heterocycles. The molecule has 1 amide bonds. The molecule has 6 nitrogen and oxygen atoms in total. The Hall–Kier alpha value is -2.80. The lowest BCUT2D eigenvalue weighted by atomic mass is 10.2. The van der Waals surface area contributed by atoms with E-state index in [4.69, 9.17) is 9.15 Å². The molecule has 7 heteroatoms. The van der Waals surface area contributed by atoms with Crippen LogP contribution < -0.4 is 10.1 Å². The predicted molar refractivity (Wildman–Crippen MR) is 96.7 cm³/mol. The second-order valence-electron chi connectivity index (χ2n) is 5.10. The predicted octanol–water partition coefficient (Wildman–Crippen LogP) is 3.87. The van der Waals surface area contributed by atoms with Gasteiger partial charge in [-0.3, -0.25) is 10.1 Å². The molecular formula is C18H17N3O3S. The maximum Gasteiger partial charge on any atom is 0.322 e. The molecule has 0 aliphatic rings. The number of nitrogens with one attached hydrogen (secondary N) is 1. The van der Waals surface area contributed by atoms with Crippen LogP contribution in [-0.2, 0) is 4.79 Å². The highest BCUT2D eigenvalue weighted by Crippen LogP contribution is 2.24. The van der Waals surface area contributed by atoms with Gasteiger partial charge in [0.15, 0.2) is 0 Å². The van der Waals surface area contributed by atoms with Gasteiger partial charge in [-0.25, -0.2) is 0 Å². The number of anilines is 1. The van der Waals surface area contributed by atoms with Crippen LogP contribution in [-0.4, -0.2) is 29.0 Å². The fourth-order valence-electron chi connectivity index (χ4n) is 2.11. The first-order valence-corrected chi connectivity index (χ1v) is 8.69. The van der Waals surface area contributed by atoms with Crippen molar-refractivity contribution in [3.05, 3.63) is 54.6 Å². The molecule has 0 fully saturated rings. The molecule has 0 saturated carbocycles. The number of ether oxygens (including phenoxy) is 1. The summed E-state index contributed by atoms with van der Waals surface area (Å²) in [5.74, 6) is 1.53. The van der Waals surface area contributed by atoms with Crippen molar-refractivity contribution in [1.82, 2.24) is 10.2 Å². The van der Waals surface area contributed by atoms with E-state index in [-0.39, 0.29) is 11.9 Å².